The van der Waals surface area contributed by atoms with Gasteiger partial charge in [-0.25, -0.2) is 4.79 Å². The van der Waals surface area contributed by atoms with Crippen LogP contribution in [0.25, 0.3) is 0 Å². The molecule has 1 aromatic rings. The van der Waals surface area contributed by atoms with E-state index < -0.39 is 17.6 Å². The number of ether oxygens (including phenoxy) is 2. The molecule has 0 aliphatic heterocycles. The summed E-state index contributed by atoms with van der Waals surface area (Å²) in [6, 6.07) is 4.12. The summed E-state index contributed by atoms with van der Waals surface area (Å²) in [4.78, 5) is 35.6. The highest BCUT2D eigenvalue weighted by atomic mass is 16.5. The molecule has 1 aromatic carbocycles. The minimum Gasteiger partial charge on any atom is -0.506 e. The minimum atomic E-state index is -0.717. The zero-order chi connectivity index (χ0) is 17.7. The van der Waals surface area contributed by atoms with Gasteiger partial charge in [0, 0.05) is 6.04 Å². The molecule has 1 saturated carbocycles. The topological polar surface area (TPSA) is 102 Å². The molecule has 0 bridgehead atoms. The van der Waals surface area contributed by atoms with Crippen LogP contribution in [0, 0.1) is 5.92 Å². The monoisotopic (exact) mass is 335 g/mol. The van der Waals surface area contributed by atoms with E-state index in [0.717, 1.165) is 19.3 Å². The fraction of sp³-hybridized carbons (Fsp3) is 0.471. The molecule has 7 heteroatoms. The Kier molecular flexibility index (Phi) is 5.78. The van der Waals surface area contributed by atoms with E-state index in [9.17, 15) is 19.5 Å². The Bertz CT molecular complexity index is 642. The zero-order valence-corrected chi connectivity index (χ0v) is 13.7. The lowest BCUT2D eigenvalue weighted by Crippen LogP contribution is -2.40. The number of esters is 2. The Balaban J connectivity index is 2.10. The van der Waals surface area contributed by atoms with E-state index in [1.807, 2.05) is 0 Å². The molecular formula is C17H21NO6. The molecule has 1 fully saturated rings. The maximum Gasteiger partial charge on any atom is 0.341 e. The number of carbonyl (C=O) groups excluding carboxylic acids is 3. The first-order chi connectivity index (χ1) is 11.5. The van der Waals surface area contributed by atoms with Gasteiger partial charge in [-0.3, -0.25) is 9.59 Å². The molecule has 1 amide bonds. The molecule has 130 valence electrons. The number of aromatic hydroxyl groups is 1. The first kappa shape index (κ1) is 17.8. The Labute approximate surface area is 139 Å². The van der Waals surface area contributed by atoms with Crippen LogP contribution in [0.15, 0.2) is 18.2 Å². The Morgan fingerprint density at radius 2 is 1.83 bits per heavy atom. The first-order valence-corrected chi connectivity index (χ1v) is 7.77. The molecule has 7 nitrogen and oxygen atoms in total. The summed E-state index contributed by atoms with van der Waals surface area (Å²) in [5.74, 6) is -2.13. The molecule has 2 atom stereocenters. The molecule has 0 saturated heterocycles. The van der Waals surface area contributed by atoms with Gasteiger partial charge in [-0.15, -0.1) is 0 Å². The summed E-state index contributed by atoms with van der Waals surface area (Å²) < 4.78 is 9.33. The predicted molar refractivity (Wildman–Crippen MR) is 84.7 cm³/mol. The van der Waals surface area contributed by atoms with Gasteiger partial charge in [0.1, 0.15) is 11.3 Å². The van der Waals surface area contributed by atoms with Crippen LogP contribution in [0.4, 0.5) is 0 Å². The van der Waals surface area contributed by atoms with Crippen molar-refractivity contribution >= 4 is 17.8 Å². The lowest BCUT2D eigenvalue weighted by atomic mass is 9.85. The number of para-hydroxylation sites is 1. The van der Waals surface area contributed by atoms with Gasteiger partial charge in [-0.1, -0.05) is 12.5 Å². The fourth-order valence-corrected chi connectivity index (χ4v) is 2.97. The second-order valence-corrected chi connectivity index (χ2v) is 5.75. The van der Waals surface area contributed by atoms with Crippen LogP contribution in [0.3, 0.4) is 0 Å². The van der Waals surface area contributed by atoms with Gasteiger partial charge in [0.2, 0.25) is 0 Å². The number of benzene rings is 1. The number of nitrogens with one attached hydrogen (secondary N) is 1. The third kappa shape index (κ3) is 3.84. The number of rotatable bonds is 4. The van der Waals surface area contributed by atoms with Crippen molar-refractivity contribution in [3.8, 4) is 5.75 Å². The summed E-state index contributed by atoms with van der Waals surface area (Å²) >= 11 is 0. The van der Waals surface area contributed by atoms with Crippen molar-refractivity contribution in [1.82, 2.24) is 5.32 Å². The van der Waals surface area contributed by atoms with Crippen LogP contribution in [0.1, 0.15) is 46.4 Å². The molecule has 1 aliphatic carbocycles. The highest BCUT2D eigenvalue weighted by Gasteiger charge is 2.29. The van der Waals surface area contributed by atoms with E-state index in [-0.39, 0.29) is 29.1 Å². The number of phenols is 1. The molecular weight excluding hydrogens is 314 g/mol. The van der Waals surface area contributed by atoms with Crippen molar-refractivity contribution in [3.63, 3.8) is 0 Å². The van der Waals surface area contributed by atoms with E-state index in [2.05, 4.69) is 10.1 Å². The molecule has 2 unspecified atom stereocenters. The summed E-state index contributed by atoms with van der Waals surface area (Å²) in [5.41, 5.74) is -0.0701. The Hall–Kier alpha value is -2.57. The lowest BCUT2D eigenvalue weighted by Gasteiger charge is -2.28. The van der Waals surface area contributed by atoms with Crippen LogP contribution in [-0.4, -0.2) is 43.2 Å². The average molecular weight is 335 g/mol. The van der Waals surface area contributed by atoms with E-state index in [4.69, 9.17) is 4.74 Å². The first-order valence-electron chi connectivity index (χ1n) is 7.77. The third-order valence-corrected chi connectivity index (χ3v) is 4.23. The van der Waals surface area contributed by atoms with Crippen molar-refractivity contribution in [2.45, 2.75) is 31.7 Å². The highest BCUT2D eigenvalue weighted by molar-refractivity contribution is 6.02. The Morgan fingerprint density at radius 3 is 2.50 bits per heavy atom. The van der Waals surface area contributed by atoms with E-state index in [1.54, 1.807) is 0 Å². The third-order valence-electron chi connectivity index (χ3n) is 4.23. The second-order valence-electron chi connectivity index (χ2n) is 5.75. The Morgan fingerprint density at radius 1 is 1.12 bits per heavy atom. The van der Waals surface area contributed by atoms with Gasteiger partial charge >= 0.3 is 11.9 Å². The normalized spacial score (nSPS) is 20.1. The van der Waals surface area contributed by atoms with Crippen LogP contribution in [0.5, 0.6) is 5.75 Å². The van der Waals surface area contributed by atoms with Crippen molar-refractivity contribution in [2.24, 2.45) is 5.92 Å². The molecule has 2 rings (SSSR count). The standard InChI is InChI=1S/C17H21NO6/c1-23-16(21)10-5-3-6-11(9-10)18-15(20)12-7-4-8-13(14(12)19)17(22)24-2/h4,7-8,10-11,19H,3,5-6,9H2,1-2H3,(H,18,20). The van der Waals surface area contributed by atoms with E-state index in [0.29, 0.717) is 6.42 Å². The molecule has 0 heterocycles. The molecule has 0 aromatic heterocycles. The number of hydrogen-bond donors (Lipinski definition) is 2. The van der Waals surface area contributed by atoms with Crippen molar-refractivity contribution < 1.29 is 29.0 Å². The van der Waals surface area contributed by atoms with Crippen molar-refractivity contribution in [1.29, 1.82) is 0 Å². The highest BCUT2D eigenvalue weighted by Crippen LogP contribution is 2.27. The van der Waals surface area contributed by atoms with E-state index >= 15 is 0 Å². The molecule has 0 radical (unpaired) electrons. The fourth-order valence-electron chi connectivity index (χ4n) is 2.97. The summed E-state index contributed by atoms with van der Waals surface area (Å²) in [7, 11) is 2.55. The minimum absolute atomic E-state index is 0.00177. The summed E-state index contributed by atoms with van der Waals surface area (Å²) in [6.45, 7) is 0. The van der Waals surface area contributed by atoms with Crippen LogP contribution >= 0.6 is 0 Å². The maximum atomic E-state index is 12.4. The predicted octanol–water partition coefficient (Wildman–Crippen LogP) is 1.64. The zero-order valence-electron chi connectivity index (χ0n) is 13.7. The van der Waals surface area contributed by atoms with Gasteiger partial charge in [0.15, 0.2) is 0 Å². The largest absolute Gasteiger partial charge is 0.506 e. The maximum absolute atomic E-state index is 12.4. The SMILES string of the molecule is COC(=O)c1cccc(C(=O)NC2CCCC(C(=O)OC)C2)c1O. The van der Waals surface area contributed by atoms with Crippen LogP contribution in [0.2, 0.25) is 0 Å². The van der Waals surface area contributed by atoms with Gasteiger partial charge in [0.25, 0.3) is 5.91 Å². The van der Waals surface area contributed by atoms with Gasteiger partial charge in [-0.05, 0) is 31.4 Å². The number of carbonyl (C=O) groups is 3. The molecule has 2 N–H and O–H groups in total. The van der Waals surface area contributed by atoms with Crippen LogP contribution in [-0.2, 0) is 14.3 Å². The van der Waals surface area contributed by atoms with Gasteiger partial charge in [-0.2, -0.15) is 0 Å². The van der Waals surface area contributed by atoms with Crippen LogP contribution < -0.4 is 5.32 Å². The summed E-state index contributed by atoms with van der Waals surface area (Å²) in [6.07, 6.45) is 2.79. The molecule has 24 heavy (non-hydrogen) atoms. The summed E-state index contributed by atoms with van der Waals surface area (Å²) in [5, 5.41) is 12.9. The second kappa shape index (κ2) is 7.81. The smallest absolute Gasteiger partial charge is 0.341 e. The van der Waals surface area contributed by atoms with Crippen molar-refractivity contribution in [3.05, 3.63) is 29.3 Å². The van der Waals surface area contributed by atoms with Crippen molar-refractivity contribution in [2.75, 3.05) is 14.2 Å². The number of hydrogen-bond acceptors (Lipinski definition) is 6. The van der Waals surface area contributed by atoms with E-state index in [1.165, 1.54) is 32.4 Å². The number of methoxy groups -OCH3 is 2. The molecule has 0 spiro atoms. The quantitative estimate of drug-likeness (QED) is 0.811. The van der Waals surface area contributed by atoms with Gasteiger partial charge < -0.3 is 19.9 Å². The lowest BCUT2D eigenvalue weighted by molar-refractivity contribution is -0.146. The molecule has 1 aliphatic rings. The van der Waals surface area contributed by atoms with Gasteiger partial charge in [0.05, 0.1) is 25.7 Å². The number of amides is 1. The number of phenolic OH excluding ortho intramolecular Hbond substituents is 1. The average Bonchev–Trinajstić information content (AvgIpc) is 2.60.